The first-order valence-electron chi connectivity index (χ1n) is 7.23. The normalized spacial score (nSPS) is 10.8. The molecule has 0 fully saturated rings. The minimum absolute atomic E-state index is 0.167. The number of hydrogen-bond donors (Lipinski definition) is 1. The van der Waals surface area contributed by atoms with Gasteiger partial charge in [-0.1, -0.05) is 19.9 Å². The number of hydrogen-bond acceptors (Lipinski definition) is 4. The van der Waals surface area contributed by atoms with Gasteiger partial charge >= 0.3 is 0 Å². The Labute approximate surface area is 121 Å². The maximum absolute atomic E-state index is 9.14. The highest BCUT2D eigenvalue weighted by molar-refractivity contribution is 5.36. The highest BCUT2D eigenvalue weighted by Gasteiger charge is 2.14. The van der Waals surface area contributed by atoms with Gasteiger partial charge in [-0.15, -0.1) is 0 Å². The molecule has 20 heavy (non-hydrogen) atoms. The van der Waals surface area contributed by atoms with Crippen LogP contribution in [0.5, 0.6) is 5.75 Å². The van der Waals surface area contributed by atoms with Crippen LogP contribution in [-0.4, -0.2) is 42.4 Å². The van der Waals surface area contributed by atoms with Gasteiger partial charge in [0.25, 0.3) is 0 Å². The summed E-state index contributed by atoms with van der Waals surface area (Å²) in [6.07, 6.45) is 2.14. The van der Waals surface area contributed by atoms with E-state index in [0.717, 1.165) is 25.1 Å². The molecule has 1 aromatic rings. The van der Waals surface area contributed by atoms with Gasteiger partial charge < -0.3 is 9.84 Å². The number of benzene rings is 1. The van der Waals surface area contributed by atoms with E-state index in [1.807, 2.05) is 12.1 Å². The highest BCUT2D eigenvalue weighted by atomic mass is 16.5. The third-order valence-corrected chi connectivity index (χ3v) is 3.46. The van der Waals surface area contributed by atoms with E-state index in [1.54, 1.807) is 12.1 Å². The summed E-state index contributed by atoms with van der Waals surface area (Å²) in [6.45, 7) is 6.51. The van der Waals surface area contributed by atoms with Crippen molar-refractivity contribution in [2.24, 2.45) is 0 Å². The standard InChI is InChI=1S/C16H24N2O2/c1-3-15(4-2)18(8-10-19)9-11-20-16-7-5-6-14(12-16)13-17/h5-7,12,15,19H,3-4,8-11H2,1-2H3. The lowest BCUT2D eigenvalue weighted by Crippen LogP contribution is -2.39. The zero-order valence-electron chi connectivity index (χ0n) is 12.4. The summed E-state index contributed by atoms with van der Waals surface area (Å²) in [5, 5.41) is 18.0. The maximum atomic E-state index is 9.14. The van der Waals surface area contributed by atoms with Crippen molar-refractivity contribution in [3.8, 4) is 11.8 Å². The van der Waals surface area contributed by atoms with Crippen molar-refractivity contribution >= 4 is 0 Å². The summed E-state index contributed by atoms with van der Waals surface area (Å²) in [6, 6.07) is 9.76. The quantitative estimate of drug-likeness (QED) is 0.752. The SMILES string of the molecule is CCC(CC)N(CCO)CCOc1cccc(C#N)c1. The molecular formula is C16H24N2O2. The zero-order valence-corrected chi connectivity index (χ0v) is 12.4. The van der Waals surface area contributed by atoms with Gasteiger partial charge in [0.05, 0.1) is 18.2 Å². The van der Waals surface area contributed by atoms with Crippen molar-refractivity contribution in [2.45, 2.75) is 32.7 Å². The Kier molecular flexibility index (Phi) is 7.71. The number of ether oxygens (including phenoxy) is 1. The maximum Gasteiger partial charge on any atom is 0.120 e. The number of aliphatic hydroxyl groups excluding tert-OH is 1. The lowest BCUT2D eigenvalue weighted by atomic mass is 10.1. The van der Waals surface area contributed by atoms with Crippen molar-refractivity contribution in [1.29, 1.82) is 5.26 Å². The number of nitriles is 1. The Hall–Kier alpha value is -1.57. The molecule has 0 aliphatic carbocycles. The van der Waals surface area contributed by atoms with Crippen molar-refractivity contribution in [3.63, 3.8) is 0 Å². The van der Waals surface area contributed by atoms with Crippen LogP contribution in [0, 0.1) is 11.3 Å². The molecular weight excluding hydrogens is 252 g/mol. The molecule has 0 aliphatic heterocycles. The van der Waals surface area contributed by atoms with E-state index >= 15 is 0 Å². The Bertz CT molecular complexity index is 425. The minimum Gasteiger partial charge on any atom is -0.492 e. The fourth-order valence-corrected chi connectivity index (χ4v) is 2.35. The first-order valence-corrected chi connectivity index (χ1v) is 7.23. The first-order chi connectivity index (χ1) is 9.74. The fourth-order valence-electron chi connectivity index (χ4n) is 2.35. The van der Waals surface area contributed by atoms with Crippen LogP contribution < -0.4 is 4.74 Å². The molecule has 0 spiro atoms. The van der Waals surface area contributed by atoms with Gasteiger partial charge in [0.15, 0.2) is 0 Å². The molecule has 0 radical (unpaired) electrons. The van der Waals surface area contributed by atoms with Gasteiger partial charge in [0.1, 0.15) is 12.4 Å². The predicted molar refractivity (Wildman–Crippen MR) is 79.7 cm³/mol. The number of nitrogens with zero attached hydrogens (tertiary/aromatic N) is 2. The van der Waals surface area contributed by atoms with Crippen LogP contribution in [0.15, 0.2) is 24.3 Å². The monoisotopic (exact) mass is 276 g/mol. The summed E-state index contributed by atoms with van der Waals surface area (Å²) >= 11 is 0. The summed E-state index contributed by atoms with van der Waals surface area (Å²) in [5.74, 6) is 0.720. The van der Waals surface area contributed by atoms with Gasteiger partial charge in [0, 0.05) is 19.1 Å². The van der Waals surface area contributed by atoms with Gasteiger partial charge in [-0.2, -0.15) is 5.26 Å². The van der Waals surface area contributed by atoms with E-state index in [0.29, 0.717) is 24.8 Å². The Morgan fingerprint density at radius 3 is 2.65 bits per heavy atom. The third kappa shape index (κ3) is 5.20. The smallest absolute Gasteiger partial charge is 0.120 e. The molecule has 110 valence electrons. The molecule has 4 nitrogen and oxygen atoms in total. The van der Waals surface area contributed by atoms with Crippen molar-refractivity contribution < 1.29 is 9.84 Å². The molecule has 4 heteroatoms. The van der Waals surface area contributed by atoms with Crippen LogP contribution in [0.1, 0.15) is 32.3 Å². The lowest BCUT2D eigenvalue weighted by Gasteiger charge is -2.29. The average Bonchev–Trinajstić information content (AvgIpc) is 2.48. The molecule has 1 N–H and O–H groups in total. The molecule has 0 unspecified atom stereocenters. The van der Waals surface area contributed by atoms with Gasteiger partial charge in [-0.05, 0) is 31.0 Å². The molecule has 1 aromatic carbocycles. The van der Waals surface area contributed by atoms with E-state index in [1.165, 1.54) is 0 Å². The van der Waals surface area contributed by atoms with E-state index in [9.17, 15) is 0 Å². The van der Waals surface area contributed by atoms with Crippen molar-refractivity contribution in [3.05, 3.63) is 29.8 Å². The minimum atomic E-state index is 0.167. The van der Waals surface area contributed by atoms with Crippen LogP contribution in [0.3, 0.4) is 0 Å². The molecule has 0 heterocycles. The Morgan fingerprint density at radius 2 is 2.05 bits per heavy atom. The molecule has 0 aromatic heterocycles. The molecule has 0 saturated carbocycles. The fraction of sp³-hybridized carbons (Fsp3) is 0.562. The lowest BCUT2D eigenvalue weighted by molar-refractivity contribution is 0.122. The number of rotatable bonds is 9. The summed E-state index contributed by atoms with van der Waals surface area (Å²) in [5.41, 5.74) is 0.606. The van der Waals surface area contributed by atoms with Crippen molar-refractivity contribution in [2.75, 3.05) is 26.3 Å². The largest absolute Gasteiger partial charge is 0.492 e. The van der Waals surface area contributed by atoms with Gasteiger partial charge in [0.2, 0.25) is 0 Å². The van der Waals surface area contributed by atoms with E-state index in [4.69, 9.17) is 15.1 Å². The Balaban J connectivity index is 2.49. The van der Waals surface area contributed by atoms with Gasteiger partial charge in [-0.3, -0.25) is 4.90 Å². The number of aliphatic hydroxyl groups is 1. The third-order valence-electron chi connectivity index (χ3n) is 3.46. The molecule has 0 amide bonds. The van der Waals surface area contributed by atoms with E-state index in [-0.39, 0.29) is 6.61 Å². The van der Waals surface area contributed by atoms with Gasteiger partial charge in [-0.25, -0.2) is 0 Å². The zero-order chi connectivity index (χ0) is 14.8. The predicted octanol–water partition coefficient (Wildman–Crippen LogP) is 2.42. The highest BCUT2D eigenvalue weighted by Crippen LogP contribution is 2.13. The molecule has 0 saturated heterocycles. The topological polar surface area (TPSA) is 56.5 Å². The van der Waals surface area contributed by atoms with Crippen LogP contribution in [0.2, 0.25) is 0 Å². The molecule has 0 aliphatic rings. The summed E-state index contributed by atoms with van der Waals surface area (Å²) < 4.78 is 5.69. The molecule has 1 rings (SSSR count). The van der Waals surface area contributed by atoms with E-state index in [2.05, 4.69) is 24.8 Å². The second-order valence-electron chi connectivity index (χ2n) is 4.72. The second-order valence-corrected chi connectivity index (χ2v) is 4.72. The first kappa shape index (κ1) is 16.5. The Morgan fingerprint density at radius 1 is 1.30 bits per heavy atom. The molecule has 0 bridgehead atoms. The molecule has 0 atom stereocenters. The second kappa shape index (κ2) is 9.35. The summed E-state index contributed by atoms with van der Waals surface area (Å²) in [4.78, 5) is 2.26. The van der Waals surface area contributed by atoms with Crippen LogP contribution in [0.4, 0.5) is 0 Å². The summed E-state index contributed by atoms with van der Waals surface area (Å²) in [7, 11) is 0. The van der Waals surface area contributed by atoms with E-state index < -0.39 is 0 Å². The van der Waals surface area contributed by atoms with Crippen LogP contribution in [-0.2, 0) is 0 Å². The average molecular weight is 276 g/mol. The van der Waals surface area contributed by atoms with Crippen molar-refractivity contribution in [1.82, 2.24) is 4.90 Å². The van der Waals surface area contributed by atoms with Crippen LogP contribution in [0.25, 0.3) is 0 Å². The van der Waals surface area contributed by atoms with Crippen LogP contribution >= 0.6 is 0 Å².